The molecule has 0 heterocycles. The average Bonchev–Trinajstić information content (AvgIpc) is 2.17. The molecule has 1 rings (SSSR count). The highest BCUT2D eigenvalue weighted by Gasteiger charge is 2.32. The van der Waals surface area contributed by atoms with E-state index in [0.29, 0.717) is 5.56 Å². The van der Waals surface area contributed by atoms with Crippen LogP contribution in [-0.2, 0) is 4.74 Å². The molecule has 15 heavy (non-hydrogen) atoms. The van der Waals surface area contributed by atoms with Gasteiger partial charge in [-0.25, -0.2) is 0 Å². The van der Waals surface area contributed by atoms with E-state index in [-0.39, 0.29) is 6.61 Å². The normalized spacial score (nSPS) is 12.7. The Bertz CT molecular complexity index is 330. The molecule has 0 aromatic heterocycles. The number of allylic oxidation sites excluding steroid dienone is 1. The average molecular weight is 233 g/mol. The summed E-state index contributed by atoms with van der Waals surface area (Å²) in [5.74, 6) is -0.530. The molecule has 0 fully saturated rings. The van der Waals surface area contributed by atoms with Gasteiger partial charge in [0.2, 0.25) is 0 Å². The minimum atomic E-state index is -3.47. The fourth-order valence-electron chi connectivity index (χ4n) is 1.06. The quantitative estimate of drug-likeness (QED) is 0.565. The first-order chi connectivity index (χ1) is 7.04. The van der Waals surface area contributed by atoms with Crippen LogP contribution in [-0.4, -0.2) is 12.0 Å². The minimum absolute atomic E-state index is 0.154. The van der Waals surface area contributed by atoms with Crippen LogP contribution in [0.15, 0.2) is 36.1 Å². The molecule has 1 aromatic rings. The van der Waals surface area contributed by atoms with Crippen LogP contribution in [0.1, 0.15) is 12.5 Å². The van der Waals surface area contributed by atoms with Gasteiger partial charge in [-0.1, -0.05) is 30.3 Å². The Morgan fingerprint density at radius 3 is 2.47 bits per heavy atom. The molecule has 0 aliphatic rings. The largest absolute Gasteiger partial charge is 0.491 e. The number of hydrogen-bond donors (Lipinski definition) is 0. The number of benzene rings is 1. The lowest BCUT2D eigenvalue weighted by atomic mass is 10.2. The molecule has 0 bridgehead atoms. The van der Waals surface area contributed by atoms with Crippen LogP contribution < -0.4 is 0 Å². The predicted molar refractivity (Wildman–Crippen MR) is 56.8 cm³/mol. The molecule has 0 saturated carbocycles. The van der Waals surface area contributed by atoms with Gasteiger partial charge in [0.1, 0.15) is 0 Å². The molecule has 0 aliphatic carbocycles. The molecular formula is C11H11ClF2O. The van der Waals surface area contributed by atoms with Crippen LogP contribution in [0.5, 0.6) is 0 Å². The van der Waals surface area contributed by atoms with Crippen molar-refractivity contribution < 1.29 is 13.5 Å². The Labute approximate surface area is 92.3 Å². The zero-order valence-corrected chi connectivity index (χ0v) is 8.97. The van der Waals surface area contributed by atoms with Gasteiger partial charge in [-0.3, -0.25) is 0 Å². The highest BCUT2D eigenvalue weighted by Crippen LogP contribution is 2.30. The molecule has 0 radical (unpaired) electrons. The van der Waals surface area contributed by atoms with Gasteiger partial charge in [0, 0.05) is 0 Å². The van der Waals surface area contributed by atoms with Crippen LogP contribution in [0.3, 0.4) is 0 Å². The summed E-state index contributed by atoms with van der Waals surface area (Å²) in [6, 6.07) is 8.70. The fraction of sp³-hybridized carbons (Fsp3) is 0.273. The van der Waals surface area contributed by atoms with Gasteiger partial charge < -0.3 is 4.74 Å². The first kappa shape index (κ1) is 12.0. The summed E-state index contributed by atoms with van der Waals surface area (Å²) in [6.45, 7) is 1.78. The molecule has 0 amide bonds. The topological polar surface area (TPSA) is 9.23 Å². The molecular weight excluding hydrogens is 222 g/mol. The molecule has 1 aromatic carbocycles. The van der Waals surface area contributed by atoms with Gasteiger partial charge in [-0.05, 0) is 30.2 Å². The molecule has 0 spiro atoms. The Balaban J connectivity index is 2.94. The van der Waals surface area contributed by atoms with Crippen molar-refractivity contribution >= 4 is 17.7 Å². The minimum Gasteiger partial charge on any atom is -0.491 e. The lowest BCUT2D eigenvalue weighted by Gasteiger charge is -2.13. The molecule has 4 heteroatoms. The molecule has 0 saturated heterocycles. The Kier molecular flexibility index (Phi) is 4.09. The van der Waals surface area contributed by atoms with E-state index < -0.39 is 11.1 Å². The van der Waals surface area contributed by atoms with Crippen molar-refractivity contribution in [2.24, 2.45) is 0 Å². The SMILES string of the molecule is CCO/C(=C/c1ccccc1)C(F)(F)Cl. The number of hydrogen-bond acceptors (Lipinski definition) is 1. The number of halogens is 3. The van der Waals surface area contributed by atoms with E-state index in [1.54, 1.807) is 37.3 Å². The van der Waals surface area contributed by atoms with Gasteiger partial charge >= 0.3 is 5.38 Å². The van der Waals surface area contributed by atoms with Gasteiger partial charge in [0.25, 0.3) is 0 Å². The van der Waals surface area contributed by atoms with Crippen molar-refractivity contribution in [3.63, 3.8) is 0 Å². The molecule has 0 unspecified atom stereocenters. The molecule has 1 nitrogen and oxygen atoms in total. The fourth-order valence-corrected chi connectivity index (χ4v) is 1.17. The second-order valence-corrected chi connectivity index (χ2v) is 3.32. The number of ether oxygens (including phenoxy) is 1. The first-order valence-corrected chi connectivity index (χ1v) is 4.88. The maximum Gasteiger partial charge on any atom is 0.379 e. The Morgan fingerprint density at radius 1 is 1.40 bits per heavy atom. The van der Waals surface area contributed by atoms with Gasteiger partial charge in [0.15, 0.2) is 5.76 Å². The Hall–Kier alpha value is -1.09. The number of rotatable bonds is 4. The van der Waals surface area contributed by atoms with Crippen molar-refractivity contribution in [2.75, 3.05) is 6.61 Å². The monoisotopic (exact) mass is 232 g/mol. The van der Waals surface area contributed by atoms with Gasteiger partial charge in [-0.2, -0.15) is 8.78 Å². The summed E-state index contributed by atoms with van der Waals surface area (Å²) in [6.07, 6.45) is 1.23. The molecule has 0 atom stereocenters. The van der Waals surface area contributed by atoms with Crippen molar-refractivity contribution in [3.05, 3.63) is 41.7 Å². The highest BCUT2D eigenvalue weighted by atomic mass is 35.5. The van der Waals surface area contributed by atoms with E-state index >= 15 is 0 Å². The van der Waals surface area contributed by atoms with E-state index in [2.05, 4.69) is 0 Å². The van der Waals surface area contributed by atoms with Crippen LogP contribution in [0.2, 0.25) is 0 Å². The summed E-state index contributed by atoms with van der Waals surface area (Å²) in [7, 11) is 0. The van der Waals surface area contributed by atoms with Crippen molar-refractivity contribution in [1.29, 1.82) is 0 Å². The van der Waals surface area contributed by atoms with E-state index in [0.717, 1.165) is 0 Å². The van der Waals surface area contributed by atoms with Gasteiger partial charge in [-0.15, -0.1) is 0 Å². The van der Waals surface area contributed by atoms with E-state index in [1.807, 2.05) is 0 Å². The number of alkyl halides is 3. The van der Waals surface area contributed by atoms with Crippen LogP contribution in [0, 0.1) is 0 Å². The molecule has 0 N–H and O–H groups in total. The third kappa shape index (κ3) is 3.88. The van der Waals surface area contributed by atoms with Crippen LogP contribution in [0.25, 0.3) is 6.08 Å². The third-order valence-electron chi connectivity index (χ3n) is 1.68. The summed E-state index contributed by atoms with van der Waals surface area (Å²) in [5, 5.41) is -3.47. The summed E-state index contributed by atoms with van der Waals surface area (Å²) in [5.41, 5.74) is 0.626. The maximum atomic E-state index is 12.8. The van der Waals surface area contributed by atoms with E-state index in [1.165, 1.54) is 6.08 Å². The lowest BCUT2D eigenvalue weighted by molar-refractivity contribution is 0.0550. The van der Waals surface area contributed by atoms with Crippen molar-refractivity contribution in [1.82, 2.24) is 0 Å². The maximum absolute atomic E-state index is 12.8. The Morgan fingerprint density at radius 2 is 2.00 bits per heavy atom. The van der Waals surface area contributed by atoms with Crippen LogP contribution in [0.4, 0.5) is 8.78 Å². The third-order valence-corrected chi connectivity index (χ3v) is 1.86. The van der Waals surface area contributed by atoms with E-state index in [9.17, 15) is 8.78 Å². The van der Waals surface area contributed by atoms with Gasteiger partial charge in [0.05, 0.1) is 6.61 Å². The lowest BCUT2D eigenvalue weighted by Crippen LogP contribution is -2.13. The zero-order chi connectivity index (χ0) is 11.3. The smallest absolute Gasteiger partial charge is 0.379 e. The summed E-state index contributed by atoms with van der Waals surface area (Å²) >= 11 is 4.90. The summed E-state index contributed by atoms with van der Waals surface area (Å²) in [4.78, 5) is 0. The predicted octanol–water partition coefficient (Wildman–Crippen LogP) is 3.90. The molecule has 0 aliphatic heterocycles. The highest BCUT2D eigenvalue weighted by molar-refractivity contribution is 6.23. The summed E-state index contributed by atoms with van der Waals surface area (Å²) < 4.78 is 30.5. The van der Waals surface area contributed by atoms with E-state index in [4.69, 9.17) is 16.3 Å². The zero-order valence-electron chi connectivity index (χ0n) is 8.21. The van der Waals surface area contributed by atoms with Crippen molar-refractivity contribution in [2.45, 2.75) is 12.3 Å². The van der Waals surface area contributed by atoms with Crippen molar-refractivity contribution in [3.8, 4) is 0 Å². The van der Waals surface area contributed by atoms with Crippen LogP contribution >= 0.6 is 11.6 Å². The standard InChI is InChI=1S/C11H11ClF2O/c1-2-15-10(11(12,13)14)8-9-6-4-3-5-7-9/h3-8H,2H2,1H3/b10-8+. The second kappa shape index (κ2) is 5.12. The second-order valence-electron chi connectivity index (χ2n) is 2.85. The molecule has 82 valence electrons. The first-order valence-electron chi connectivity index (χ1n) is 4.50.